The number of nitrogens with zero attached hydrogens (tertiary/aromatic N) is 3. The van der Waals surface area contributed by atoms with Crippen LogP contribution in [-0.2, 0) is 16.6 Å². The first-order valence-corrected chi connectivity index (χ1v) is 17.5. The standard InChI is InChI=1S/C38H55N3O2/c1-23(2)26-16-19-38(33(42)43)21-20-36(7)27(31(26)38)14-15-30-35(6)22-28-32(34(4,5)29(35)17-18-37(30,36)8)41(40-39-28)24(3)25-12-10-9-11-13-25/h9-13,23-24,26-27,29-31H,14-22H2,1-8H3,(H,42,43)/t24-,26-,27+,29-,30+,31+,35-,36+,37+,38-/m0/s1. The SMILES string of the molecule is CC(C)[C@@H]1CC[C@]2(C(=O)O)CC[C@]3(C)[C@H](CC[C@@H]4[C@@]5(C)Cc6nnn([C@@H](C)c7ccccc7)c6C(C)(C)[C@@H]5CC[C@]43C)[C@@H]12. The summed E-state index contributed by atoms with van der Waals surface area (Å²) in [6.45, 7) is 19.8. The van der Waals surface area contributed by atoms with E-state index in [0.29, 0.717) is 35.5 Å². The molecule has 5 aliphatic rings. The van der Waals surface area contributed by atoms with Crippen LogP contribution in [0.5, 0.6) is 0 Å². The summed E-state index contributed by atoms with van der Waals surface area (Å²) < 4.78 is 2.25. The summed E-state index contributed by atoms with van der Waals surface area (Å²) in [4.78, 5) is 13.0. The van der Waals surface area contributed by atoms with E-state index in [4.69, 9.17) is 10.3 Å². The van der Waals surface area contributed by atoms with Crippen molar-refractivity contribution < 1.29 is 9.90 Å². The van der Waals surface area contributed by atoms with E-state index in [1.165, 1.54) is 42.6 Å². The molecule has 43 heavy (non-hydrogen) atoms. The van der Waals surface area contributed by atoms with Crippen molar-refractivity contribution in [2.24, 2.45) is 57.2 Å². The molecule has 5 nitrogen and oxygen atoms in total. The van der Waals surface area contributed by atoms with E-state index >= 15 is 0 Å². The molecule has 234 valence electrons. The van der Waals surface area contributed by atoms with E-state index in [-0.39, 0.29) is 27.7 Å². The molecule has 2 aromatic rings. The van der Waals surface area contributed by atoms with E-state index in [9.17, 15) is 9.90 Å². The van der Waals surface area contributed by atoms with Gasteiger partial charge in [0.15, 0.2) is 0 Å². The van der Waals surface area contributed by atoms with Gasteiger partial charge in [-0.15, -0.1) is 5.10 Å². The molecule has 0 amide bonds. The summed E-state index contributed by atoms with van der Waals surface area (Å²) in [6, 6.07) is 10.9. The lowest BCUT2D eigenvalue weighted by atomic mass is 9.32. The summed E-state index contributed by atoms with van der Waals surface area (Å²) in [5.74, 6) is 2.59. The molecule has 0 bridgehead atoms. The zero-order valence-corrected chi connectivity index (χ0v) is 28.0. The molecule has 10 atom stereocenters. The fraction of sp³-hybridized carbons (Fsp3) is 0.763. The Morgan fingerprint density at radius 1 is 0.884 bits per heavy atom. The number of carboxylic acids is 1. The van der Waals surface area contributed by atoms with E-state index < -0.39 is 11.4 Å². The molecule has 1 heterocycles. The summed E-state index contributed by atoms with van der Waals surface area (Å²) >= 11 is 0. The average molecular weight is 586 g/mol. The third kappa shape index (κ3) is 3.66. The van der Waals surface area contributed by atoms with Crippen molar-refractivity contribution in [3.05, 3.63) is 47.3 Å². The fourth-order valence-electron chi connectivity index (χ4n) is 13.3. The van der Waals surface area contributed by atoms with Gasteiger partial charge in [0, 0.05) is 5.41 Å². The Labute approximate surface area is 259 Å². The molecular formula is C38H55N3O2. The highest BCUT2D eigenvalue weighted by atomic mass is 16.4. The van der Waals surface area contributed by atoms with Crippen LogP contribution >= 0.6 is 0 Å². The molecule has 7 rings (SSSR count). The summed E-state index contributed by atoms with van der Waals surface area (Å²) in [5.41, 5.74) is 3.86. The quantitative estimate of drug-likeness (QED) is 0.390. The minimum absolute atomic E-state index is 0.0207. The Balaban J connectivity index is 1.27. The smallest absolute Gasteiger partial charge is 0.309 e. The largest absolute Gasteiger partial charge is 0.481 e. The van der Waals surface area contributed by atoms with Crippen molar-refractivity contribution in [2.45, 2.75) is 125 Å². The molecule has 5 heteroatoms. The Bertz CT molecular complexity index is 1410. The second-order valence-electron chi connectivity index (χ2n) is 17.4. The number of hydrogen-bond donors (Lipinski definition) is 1. The molecular weight excluding hydrogens is 530 g/mol. The molecule has 0 unspecified atom stereocenters. The Hall–Kier alpha value is -2.17. The topological polar surface area (TPSA) is 68.0 Å². The maximum absolute atomic E-state index is 13.0. The van der Waals surface area contributed by atoms with Crippen LogP contribution in [-0.4, -0.2) is 26.1 Å². The molecule has 4 fully saturated rings. The van der Waals surface area contributed by atoms with Gasteiger partial charge in [0.05, 0.1) is 22.8 Å². The van der Waals surface area contributed by atoms with Crippen molar-refractivity contribution >= 4 is 5.97 Å². The first-order chi connectivity index (χ1) is 20.2. The molecule has 1 aromatic heterocycles. The number of benzene rings is 1. The van der Waals surface area contributed by atoms with Crippen molar-refractivity contribution in [3.8, 4) is 0 Å². The lowest BCUT2D eigenvalue weighted by molar-refractivity contribution is -0.230. The number of aliphatic carboxylic acids is 1. The van der Waals surface area contributed by atoms with Crippen LogP contribution < -0.4 is 0 Å². The van der Waals surface area contributed by atoms with Crippen LogP contribution in [0, 0.1) is 57.2 Å². The van der Waals surface area contributed by atoms with E-state index in [1.54, 1.807) is 0 Å². The van der Waals surface area contributed by atoms with Gasteiger partial charge in [-0.05, 0) is 122 Å². The number of carbonyl (C=O) groups is 1. The van der Waals surface area contributed by atoms with Crippen LogP contribution in [0.25, 0.3) is 0 Å². The number of hydrogen-bond acceptors (Lipinski definition) is 3. The van der Waals surface area contributed by atoms with Gasteiger partial charge in [0.2, 0.25) is 0 Å². The average Bonchev–Trinajstić information content (AvgIpc) is 3.56. The molecule has 1 aromatic carbocycles. The predicted octanol–water partition coefficient (Wildman–Crippen LogP) is 8.72. The van der Waals surface area contributed by atoms with E-state index in [0.717, 1.165) is 32.1 Å². The molecule has 0 spiro atoms. The zero-order valence-electron chi connectivity index (χ0n) is 28.0. The minimum atomic E-state index is -0.501. The Morgan fingerprint density at radius 2 is 1.60 bits per heavy atom. The van der Waals surface area contributed by atoms with Crippen LogP contribution in [0.2, 0.25) is 0 Å². The normalized spacial score (nSPS) is 43.6. The zero-order chi connectivity index (χ0) is 30.7. The summed E-state index contributed by atoms with van der Waals surface area (Å²) in [7, 11) is 0. The lowest BCUT2D eigenvalue weighted by Gasteiger charge is -2.72. The van der Waals surface area contributed by atoms with Gasteiger partial charge in [0.1, 0.15) is 0 Å². The van der Waals surface area contributed by atoms with Crippen LogP contribution in [0.1, 0.15) is 130 Å². The Kier molecular flexibility index (Phi) is 6.47. The van der Waals surface area contributed by atoms with Crippen molar-refractivity contribution in [1.82, 2.24) is 15.0 Å². The predicted molar refractivity (Wildman–Crippen MR) is 171 cm³/mol. The lowest BCUT2D eigenvalue weighted by Crippen LogP contribution is -2.67. The van der Waals surface area contributed by atoms with Gasteiger partial charge in [-0.1, -0.05) is 84.0 Å². The molecule has 0 radical (unpaired) electrons. The monoisotopic (exact) mass is 585 g/mol. The first kappa shape index (κ1) is 29.5. The van der Waals surface area contributed by atoms with Gasteiger partial charge < -0.3 is 5.11 Å². The van der Waals surface area contributed by atoms with Crippen molar-refractivity contribution in [1.29, 1.82) is 0 Å². The molecule has 0 saturated heterocycles. The fourth-order valence-corrected chi connectivity index (χ4v) is 13.3. The summed E-state index contributed by atoms with van der Waals surface area (Å²) in [6.07, 6.45) is 9.81. The van der Waals surface area contributed by atoms with Crippen molar-refractivity contribution in [2.75, 3.05) is 0 Å². The van der Waals surface area contributed by atoms with E-state index in [1.807, 2.05) is 0 Å². The summed E-state index contributed by atoms with van der Waals surface area (Å²) in [5, 5.41) is 20.5. The molecule has 4 saturated carbocycles. The third-order valence-corrected chi connectivity index (χ3v) is 15.5. The third-order valence-electron chi connectivity index (χ3n) is 15.5. The van der Waals surface area contributed by atoms with Gasteiger partial charge in [-0.3, -0.25) is 4.79 Å². The van der Waals surface area contributed by atoms with Gasteiger partial charge in [-0.2, -0.15) is 0 Å². The number of aromatic nitrogens is 3. The highest BCUT2D eigenvalue weighted by Gasteiger charge is 2.72. The van der Waals surface area contributed by atoms with E-state index in [2.05, 4.69) is 90.4 Å². The highest BCUT2D eigenvalue weighted by molar-refractivity contribution is 5.76. The minimum Gasteiger partial charge on any atom is -0.481 e. The number of rotatable bonds is 4. The van der Waals surface area contributed by atoms with Gasteiger partial charge >= 0.3 is 5.97 Å². The van der Waals surface area contributed by atoms with Gasteiger partial charge in [0.25, 0.3) is 0 Å². The highest BCUT2D eigenvalue weighted by Crippen LogP contribution is 2.77. The second-order valence-corrected chi connectivity index (χ2v) is 17.4. The van der Waals surface area contributed by atoms with Crippen LogP contribution in [0.15, 0.2) is 30.3 Å². The molecule has 1 N–H and O–H groups in total. The maximum atomic E-state index is 13.0. The van der Waals surface area contributed by atoms with Crippen LogP contribution in [0.3, 0.4) is 0 Å². The first-order valence-electron chi connectivity index (χ1n) is 17.5. The second kappa shape index (κ2) is 9.42. The van der Waals surface area contributed by atoms with Crippen molar-refractivity contribution in [3.63, 3.8) is 0 Å². The van der Waals surface area contributed by atoms with Gasteiger partial charge in [-0.25, -0.2) is 4.68 Å². The Morgan fingerprint density at radius 3 is 2.28 bits per heavy atom. The maximum Gasteiger partial charge on any atom is 0.309 e. The number of fused-ring (bicyclic) bond motifs is 8. The number of carboxylic acid groups (broad SMARTS) is 1. The molecule has 0 aliphatic heterocycles. The van der Waals surface area contributed by atoms with Crippen LogP contribution in [0.4, 0.5) is 0 Å². The molecule has 5 aliphatic carbocycles.